The van der Waals surface area contributed by atoms with Gasteiger partial charge in [0, 0.05) is 0 Å². The SMILES string of the molecule is Cc1c(CCc2ccccc2C(C)(C)C)cccc1C(=O)O. The predicted octanol–water partition coefficient (Wildman–Crippen LogP) is 4.78. The fourth-order valence-corrected chi connectivity index (χ4v) is 2.93. The first-order chi connectivity index (χ1) is 10.3. The Bertz CT molecular complexity index is 678. The first kappa shape index (κ1) is 16.3. The van der Waals surface area contributed by atoms with Crippen molar-refractivity contribution in [3.63, 3.8) is 0 Å². The molecule has 2 heteroatoms. The Morgan fingerprint density at radius 1 is 0.955 bits per heavy atom. The molecule has 0 heterocycles. The molecule has 0 saturated carbocycles. The van der Waals surface area contributed by atoms with E-state index in [-0.39, 0.29) is 5.41 Å². The summed E-state index contributed by atoms with van der Waals surface area (Å²) in [5.41, 5.74) is 5.22. The van der Waals surface area contributed by atoms with Gasteiger partial charge in [-0.15, -0.1) is 0 Å². The molecule has 0 amide bonds. The second-order valence-corrected chi connectivity index (χ2v) is 6.80. The fourth-order valence-electron chi connectivity index (χ4n) is 2.93. The van der Waals surface area contributed by atoms with Gasteiger partial charge in [0.2, 0.25) is 0 Å². The van der Waals surface area contributed by atoms with Gasteiger partial charge in [0.1, 0.15) is 0 Å². The second-order valence-electron chi connectivity index (χ2n) is 6.80. The van der Waals surface area contributed by atoms with Crippen LogP contribution in [0.15, 0.2) is 42.5 Å². The average molecular weight is 296 g/mol. The van der Waals surface area contributed by atoms with Crippen LogP contribution < -0.4 is 0 Å². The van der Waals surface area contributed by atoms with Gasteiger partial charge < -0.3 is 5.11 Å². The van der Waals surface area contributed by atoms with Crippen molar-refractivity contribution >= 4 is 5.97 Å². The number of rotatable bonds is 4. The number of aryl methyl sites for hydroxylation is 2. The van der Waals surface area contributed by atoms with Gasteiger partial charge in [-0.05, 0) is 53.5 Å². The van der Waals surface area contributed by atoms with Gasteiger partial charge in [-0.3, -0.25) is 0 Å². The Kier molecular flexibility index (Phi) is 4.70. The third kappa shape index (κ3) is 3.56. The zero-order valence-electron chi connectivity index (χ0n) is 13.8. The van der Waals surface area contributed by atoms with Crippen LogP contribution in [0.1, 0.15) is 53.4 Å². The zero-order chi connectivity index (χ0) is 16.3. The quantitative estimate of drug-likeness (QED) is 0.882. The highest BCUT2D eigenvalue weighted by Gasteiger charge is 2.17. The van der Waals surface area contributed by atoms with E-state index < -0.39 is 5.97 Å². The number of benzene rings is 2. The third-order valence-corrected chi connectivity index (χ3v) is 4.17. The summed E-state index contributed by atoms with van der Waals surface area (Å²) < 4.78 is 0. The Balaban J connectivity index is 2.25. The molecule has 2 aromatic rings. The number of aromatic carboxylic acids is 1. The minimum Gasteiger partial charge on any atom is -0.478 e. The molecule has 2 rings (SSSR count). The maximum Gasteiger partial charge on any atom is 0.335 e. The number of hydrogen-bond donors (Lipinski definition) is 1. The minimum absolute atomic E-state index is 0.120. The Hall–Kier alpha value is -2.09. The van der Waals surface area contributed by atoms with Crippen molar-refractivity contribution in [2.75, 3.05) is 0 Å². The summed E-state index contributed by atoms with van der Waals surface area (Å²) in [7, 11) is 0. The fraction of sp³-hybridized carbons (Fsp3) is 0.350. The predicted molar refractivity (Wildman–Crippen MR) is 90.7 cm³/mol. The van der Waals surface area contributed by atoms with Crippen LogP contribution in [0.5, 0.6) is 0 Å². The molecule has 0 spiro atoms. The smallest absolute Gasteiger partial charge is 0.335 e. The van der Waals surface area contributed by atoms with Crippen molar-refractivity contribution in [3.05, 3.63) is 70.3 Å². The molecule has 22 heavy (non-hydrogen) atoms. The number of hydrogen-bond acceptors (Lipinski definition) is 1. The van der Waals surface area contributed by atoms with E-state index in [1.165, 1.54) is 11.1 Å². The van der Waals surface area contributed by atoms with Crippen LogP contribution in [-0.2, 0) is 18.3 Å². The molecule has 116 valence electrons. The molecule has 0 bridgehead atoms. The van der Waals surface area contributed by atoms with Crippen LogP contribution in [0.2, 0.25) is 0 Å². The topological polar surface area (TPSA) is 37.3 Å². The number of carbonyl (C=O) groups is 1. The van der Waals surface area contributed by atoms with Gasteiger partial charge in [-0.1, -0.05) is 57.2 Å². The van der Waals surface area contributed by atoms with Crippen molar-refractivity contribution in [2.24, 2.45) is 0 Å². The normalized spacial score (nSPS) is 11.5. The first-order valence-electron chi connectivity index (χ1n) is 7.71. The second kappa shape index (κ2) is 6.35. The summed E-state index contributed by atoms with van der Waals surface area (Å²) in [5.74, 6) is -0.852. The van der Waals surface area contributed by atoms with Gasteiger partial charge in [-0.2, -0.15) is 0 Å². The van der Waals surface area contributed by atoms with Gasteiger partial charge in [0.05, 0.1) is 5.56 Å². The molecular weight excluding hydrogens is 272 g/mol. The highest BCUT2D eigenvalue weighted by molar-refractivity contribution is 5.89. The summed E-state index contributed by atoms with van der Waals surface area (Å²) in [6, 6.07) is 14.1. The average Bonchev–Trinajstić information content (AvgIpc) is 2.45. The van der Waals surface area contributed by atoms with E-state index in [1.807, 2.05) is 19.1 Å². The Morgan fingerprint density at radius 2 is 1.55 bits per heavy atom. The van der Waals surface area contributed by atoms with Crippen molar-refractivity contribution in [1.29, 1.82) is 0 Å². The van der Waals surface area contributed by atoms with Crippen molar-refractivity contribution in [3.8, 4) is 0 Å². The molecule has 0 radical (unpaired) electrons. The molecule has 0 aliphatic carbocycles. The molecule has 2 nitrogen and oxygen atoms in total. The minimum atomic E-state index is -0.852. The first-order valence-corrected chi connectivity index (χ1v) is 7.71. The molecule has 0 saturated heterocycles. The summed E-state index contributed by atoms with van der Waals surface area (Å²) in [6.07, 6.45) is 1.79. The van der Waals surface area contributed by atoms with Crippen LogP contribution in [-0.4, -0.2) is 11.1 Å². The van der Waals surface area contributed by atoms with Crippen molar-refractivity contribution < 1.29 is 9.90 Å². The van der Waals surface area contributed by atoms with E-state index in [0.717, 1.165) is 24.0 Å². The lowest BCUT2D eigenvalue weighted by molar-refractivity contribution is 0.0696. The highest BCUT2D eigenvalue weighted by atomic mass is 16.4. The van der Waals surface area contributed by atoms with Crippen LogP contribution >= 0.6 is 0 Å². The molecule has 0 aromatic heterocycles. The lowest BCUT2D eigenvalue weighted by Gasteiger charge is -2.23. The molecule has 0 aliphatic rings. The lowest BCUT2D eigenvalue weighted by Crippen LogP contribution is -2.14. The Labute approximate surface area is 132 Å². The summed E-state index contributed by atoms with van der Waals surface area (Å²) in [5, 5.41) is 9.23. The highest BCUT2D eigenvalue weighted by Crippen LogP contribution is 2.27. The van der Waals surface area contributed by atoms with Gasteiger partial charge >= 0.3 is 5.97 Å². The zero-order valence-corrected chi connectivity index (χ0v) is 13.8. The van der Waals surface area contributed by atoms with E-state index in [9.17, 15) is 9.90 Å². The van der Waals surface area contributed by atoms with Crippen LogP contribution in [0.3, 0.4) is 0 Å². The number of carboxylic acid groups (broad SMARTS) is 1. The van der Waals surface area contributed by atoms with E-state index in [4.69, 9.17) is 0 Å². The largest absolute Gasteiger partial charge is 0.478 e. The maximum absolute atomic E-state index is 11.2. The standard InChI is InChI=1S/C20H24O2/c1-14-15(9-7-10-17(14)19(21)22)12-13-16-8-5-6-11-18(16)20(2,3)4/h5-11H,12-13H2,1-4H3,(H,21,22). The molecule has 1 N–H and O–H groups in total. The number of carboxylic acids is 1. The van der Waals surface area contributed by atoms with Gasteiger partial charge in [0.15, 0.2) is 0 Å². The summed E-state index contributed by atoms with van der Waals surface area (Å²) >= 11 is 0. The lowest BCUT2D eigenvalue weighted by atomic mass is 9.82. The van der Waals surface area contributed by atoms with Crippen molar-refractivity contribution in [2.45, 2.75) is 46.0 Å². The molecule has 0 atom stereocenters. The van der Waals surface area contributed by atoms with Crippen molar-refractivity contribution in [1.82, 2.24) is 0 Å². The van der Waals surface area contributed by atoms with Gasteiger partial charge in [0.25, 0.3) is 0 Å². The van der Waals surface area contributed by atoms with Crippen LogP contribution in [0, 0.1) is 6.92 Å². The van der Waals surface area contributed by atoms with Gasteiger partial charge in [-0.25, -0.2) is 4.79 Å². The molecule has 0 fully saturated rings. The maximum atomic E-state index is 11.2. The van der Waals surface area contributed by atoms with E-state index in [2.05, 4.69) is 45.0 Å². The van der Waals surface area contributed by atoms with E-state index in [1.54, 1.807) is 6.07 Å². The van der Waals surface area contributed by atoms with Crippen LogP contribution in [0.25, 0.3) is 0 Å². The summed E-state index contributed by atoms with van der Waals surface area (Å²) in [4.78, 5) is 11.2. The van der Waals surface area contributed by atoms with E-state index >= 15 is 0 Å². The Morgan fingerprint density at radius 3 is 2.18 bits per heavy atom. The third-order valence-electron chi connectivity index (χ3n) is 4.17. The monoisotopic (exact) mass is 296 g/mol. The van der Waals surface area contributed by atoms with E-state index in [0.29, 0.717) is 5.56 Å². The van der Waals surface area contributed by atoms with Crippen LogP contribution in [0.4, 0.5) is 0 Å². The summed E-state index contributed by atoms with van der Waals surface area (Å²) in [6.45, 7) is 8.57. The molecule has 2 aromatic carbocycles. The molecular formula is C20H24O2. The molecule has 0 unspecified atom stereocenters. The molecule has 0 aliphatic heterocycles.